The second-order valence-corrected chi connectivity index (χ2v) is 7.05. The SMILES string of the molecule is CN(C)c1nc(NC2CCC(N(S)C(N)=O)CC2)nc2ccccc12. The van der Waals surface area contributed by atoms with E-state index in [0.29, 0.717) is 5.95 Å². The average Bonchev–Trinajstić information content (AvgIpc) is 2.61. The highest BCUT2D eigenvalue weighted by Crippen LogP contribution is 2.28. The summed E-state index contributed by atoms with van der Waals surface area (Å²) < 4.78 is 1.34. The van der Waals surface area contributed by atoms with Gasteiger partial charge >= 0.3 is 6.03 Å². The molecule has 0 bridgehead atoms. The van der Waals surface area contributed by atoms with E-state index in [1.165, 1.54) is 4.31 Å². The van der Waals surface area contributed by atoms with Crippen molar-refractivity contribution in [1.82, 2.24) is 14.3 Å². The van der Waals surface area contributed by atoms with E-state index in [2.05, 4.69) is 28.1 Å². The quantitative estimate of drug-likeness (QED) is 0.730. The normalized spacial score (nSPS) is 20.3. The van der Waals surface area contributed by atoms with E-state index in [4.69, 9.17) is 5.73 Å². The molecule has 1 aliphatic carbocycles. The molecule has 0 spiro atoms. The summed E-state index contributed by atoms with van der Waals surface area (Å²) in [7, 11) is 3.96. The van der Waals surface area contributed by atoms with Crippen LogP contribution in [0.1, 0.15) is 25.7 Å². The molecule has 1 aromatic carbocycles. The highest BCUT2D eigenvalue weighted by Gasteiger charge is 2.26. The van der Waals surface area contributed by atoms with E-state index in [1.807, 2.05) is 43.3 Å². The molecule has 1 saturated carbocycles. The van der Waals surface area contributed by atoms with Crippen molar-refractivity contribution in [3.05, 3.63) is 24.3 Å². The van der Waals surface area contributed by atoms with Crippen molar-refractivity contribution >= 4 is 41.5 Å². The first-order chi connectivity index (χ1) is 12.0. The minimum absolute atomic E-state index is 0.0914. The van der Waals surface area contributed by atoms with Crippen LogP contribution in [0.3, 0.4) is 0 Å². The largest absolute Gasteiger partial charge is 0.362 e. The molecule has 8 heteroatoms. The molecule has 1 aromatic heterocycles. The fourth-order valence-corrected chi connectivity index (χ4v) is 3.52. The van der Waals surface area contributed by atoms with Gasteiger partial charge in [-0.25, -0.2) is 9.78 Å². The van der Waals surface area contributed by atoms with E-state index < -0.39 is 6.03 Å². The van der Waals surface area contributed by atoms with Crippen LogP contribution in [0, 0.1) is 0 Å². The number of primary amides is 1. The van der Waals surface area contributed by atoms with E-state index in [1.54, 1.807) is 0 Å². The van der Waals surface area contributed by atoms with E-state index in [-0.39, 0.29) is 12.1 Å². The fraction of sp³-hybridized carbons (Fsp3) is 0.471. The maximum absolute atomic E-state index is 11.2. The number of hydrogen-bond donors (Lipinski definition) is 3. The van der Waals surface area contributed by atoms with Gasteiger partial charge in [-0.2, -0.15) is 4.98 Å². The van der Waals surface area contributed by atoms with Crippen molar-refractivity contribution in [2.45, 2.75) is 37.8 Å². The van der Waals surface area contributed by atoms with Gasteiger partial charge in [0.1, 0.15) is 5.82 Å². The summed E-state index contributed by atoms with van der Waals surface area (Å²) in [5, 5.41) is 4.48. The van der Waals surface area contributed by atoms with Gasteiger partial charge in [-0.15, -0.1) is 0 Å². The van der Waals surface area contributed by atoms with E-state index >= 15 is 0 Å². The van der Waals surface area contributed by atoms with Crippen LogP contribution in [-0.4, -0.2) is 46.5 Å². The molecule has 1 aliphatic rings. The van der Waals surface area contributed by atoms with Crippen molar-refractivity contribution in [3.63, 3.8) is 0 Å². The Labute approximate surface area is 153 Å². The zero-order chi connectivity index (χ0) is 18.0. The number of aromatic nitrogens is 2. The third kappa shape index (κ3) is 3.89. The maximum Gasteiger partial charge on any atom is 0.324 e. The first kappa shape index (κ1) is 17.6. The zero-order valence-electron chi connectivity index (χ0n) is 14.5. The number of nitrogens with zero attached hydrogens (tertiary/aromatic N) is 4. The molecule has 1 fully saturated rings. The van der Waals surface area contributed by atoms with Crippen molar-refractivity contribution in [3.8, 4) is 0 Å². The van der Waals surface area contributed by atoms with Crippen LogP contribution in [0.15, 0.2) is 24.3 Å². The summed E-state index contributed by atoms with van der Waals surface area (Å²) in [6, 6.07) is 7.89. The first-order valence-electron chi connectivity index (χ1n) is 8.44. The molecule has 0 atom stereocenters. The van der Waals surface area contributed by atoms with Crippen molar-refractivity contribution < 1.29 is 4.79 Å². The molecule has 3 rings (SSSR count). The number of nitrogens with two attached hydrogens (primary N) is 1. The standard InChI is InChI=1S/C17H24N6OS/c1-22(2)15-13-5-3-4-6-14(13)20-17(21-15)19-11-7-9-12(10-8-11)23(25)16(18)24/h3-6,11-12,25H,7-10H2,1-2H3,(H2,18,24)(H,19,20,21). The van der Waals surface area contributed by atoms with Crippen LogP contribution in [0.4, 0.5) is 16.6 Å². The monoisotopic (exact) mass is 360 g/mol. The van der Waals surface area contributed by atoms with E-state index in [9.17, 15) is 4.79 Å². The Kier molecular flexibility index (Phi) is 5.17. The summed E-state index contributed by atoms with van der Waals surface area (Å²) in [4.78, 5) is 22.6. The second-order valence-electron chi connectivity index (χ2n) is 6.61. The van der Waals surface area contributed by atoms with Crippen LogP contribution in [0.5, 0.6) is 0 Å². The number of thiol groups is 1. The Morgan fingerprint density at radius 3 is 2.52 bits per heavy atom. The average molecular weight is 360 g/mol. The van der Waals surface area contributed by atoms with Gasteiger partial charge in [-0.05, 0) is 37.8 Å². The number of hydrogen-bond acceptors (Lipinski definition) is 6. The van der Waals surface area contributed by atoms with Gasteiger partial charge < -0.3 is 16.0 Å². The summed E-state index contributed by atoms with van der Waals surface area (Å²) in [5.41, 5.74) is 6.22. The van der Waals surface area contributed by atoms with Crippen LogP contribution >= 0.6 is 12.8 Å². The number of fused-ring (bicyclic) bond motifs is 1. The molecule has 1 heterocycles. The lowest BCUT2D eigenvalue weighted by atomic mass is 9.91. The second kappa shape index (κ2) is 7.35. The van der Waals surface area contributed by atoms with E-state index in [0.717, 1.165) is 42.4 Å². The van der Waals surface area contributed by atoms with Gasteiger partial charge in [0, 0.05) is 31.6 Å². The maximum atomic E-state index is 11.2. The summed E-state index contributed by atoms with van der Waals surface area (Å²) >= 11 is 4.18. The molecule has 0 aliphatic heterocycles. The molecule has 0 radical (unpaired) electrons. The molecule has 0 saturated heterocycles. The number of carbonyl (C=O) groups is 1. The molecular weight excluding hydrogens is 336 g/mol. The molecule has 2 amide bonds. The predicted molar refractivity (Wildman–Crippen MR) is 104 cm³/mol. The number of rotatable bonds is 4. The Morgan fingerprint density at radius 1 is 1.20 bits per heavy atom. The van der Waals surface area contributed by atoms with Crippen molar-refractivity contribution in [1.29, 1.82) is 0 Å². The first-order valence-corrected chi connectivity index (χ1v) is 8.84. The topological polar surface area (TPSA) is 87.4 Å². The lowest BCUT2D eigenvalue weighted by Crippen LogP contribution is -2.41. The van der Waals surface area contributed by atoms with Gasteiger partial charge in [-0.3, -0.25) is 4.31 Å². The lowest BCUT2D eigenvalue weighted by Gasteiger charge is -2.33. The fourth-order valence-electron chi connectivity index (χ4n) is 3.29. The highest BCUT2D eigenvalue weighted by molar-refractivity contribution is 7.78. The molecule has 25 heavy (non-hydrogen) atoms. The van der Waals surface area contributed by atoms with Gasteiger partial charge in [-0.1, -0.05) is 24.9 Å². The van der Waals surface area contributed by atoms with Crippen molar-refractivity contribution in [2.75, 3.05) is 24.3 Å². The smallest absolute Gasteiger partial charge is 0.324 e. The van der Waals surface area contributed by atoms with Gasteiger partial charge in [0.25, 0.3) is 0 Å². The highest BCUT2D eigenvalue weighted by atomic mass is 32.1. The van der Waals surface area contributed by atoms with Crippen LogP contribution < -0.4 is 16.0 Å². The summed E-state index contributed by atoms with van der Waals surface area (Å²) in [6.07, 6.45) is 3.56. The van der Waals surface area contributed by atoms with Gasteiger partial charge in [0.05, 0.1) is 5.52 Å². The Balaban J connectivity index is 1.73. The van der Waals surface area contributed by atoms with Crippen LogP contribution in [0.25, 0.3) is 10.9 Å². The number of nitrogens with one attached hydrogen (secondary N) is 1. The molecule has 7 nitrogen and oxygen atoms in total. The zero-order valence-corrected chi connectivity index (χ0v) is 15.4. The Hall–Kier alpha value is -2.22. The van der Waals surface area contributed by atoms with Gasteiger partial charge in [0.15, 0.2) is 0 Å². The van der Waals surface area contributed by atoms with Crippen LogP contribution in [0.2, 0.25) is 0 Å². The third-order valence-electron chi connectivity index (χ3n) is 4.61. The lowest BCUT2D eigenvalue weighted by molar-refractivity contribution is 0.213. The Morgan fingerprint density at radius 2 is 1.88 bits per heavy atom. The predicted octanol–water partition coefficient (Wildman–Crippen LogP) is 2.64. The third-order valence-corrected chi connectivity index (χ3v) is 5.13. The Bertz CT molecular complexity index is 760. The van der Waals surface area contributed by atoms with Crippen LogP contribution in [-0.2, 0) is 0 Å². The molecular formula is C17H24N6OS. The van der Waals surface area contributed by atoms with Gasteiger partial charge in [0.2, 0.25) is 5.95 Å². The number of para-hydroxylation sites is 1. The number of carbonyl (C=O) groups excluding carboxylic acids is 1. The summed E-state index contributed by atoms with van der Waals surface area (Å²) in [6.45, 7) is 0. The molecule has 3 N–H and O–H groups in total. The number of benzene rings is 1. The molecule has 134 valence electrons. The van der Waals surface area contributed by atoms with Crippen molar-refractivity contribution in [2.24, 2.45) is 5.73 Å². The number of amides is 2. The molecule has 2 aromatic rings. The summed E-state index contributed by atoms with van der Waals surface area (Å²) in [5.74, 6) is 1.54. The minimum Gasteiger partial charge on any atom is -0.362 e. The number of anilines is 2. The molecule has 0 unspecified atom stereocenters. The minimum atomic E-state index is -0.492. The number of urea groups is 1.